The second kappa shape index (κ2) is 8.66. The van der Waals surface area contributed by atoms with Crippen LogP contribution in [0.25, 0.3) is 0 Å². The number of benzene rings is 2. The molecule has 1 heterocycles. The van der Waals surface area contributed by atoms with Crippen LogP contribution in [0.15, 0.2) is 53.6 Å². The predicted octanol–water partition coefficient (Wildman–Crippen LogP) is 4.03. The number of amides is 1. The molecule has 0 radical (unpaired) electrons. The average molecular weight is 401 g/mol. The Hall–Kier alpha value is -2.90. The van der Waals surface area contributed by atoms with Gasteiger partial charge in [-0.05, 0) is 36.8 Å². The molecule has 1 amide bonds. The quantitative estimate of drug-likeness (QED) is 0.483. The number of ether oxygens (including phenoxy) is 1. The van der Waals surface area contributed by atoms with Crippen LogP contribution in [0.3, 0.4) is 0 Å². The summed E-state index contributed by atoms with van der Waals surface area (Å²) in [6, 6.07) is 14.9. The maximum absolute atomic E-state index is 12.1. The first-order chi connectivity index (χ1) is 13.0. The third kappa shape index (κ3) is 5.06. The second-order valence-corrected chi connectivity index (χ2v) is 7.09. The minimum absolute atomic E-state index is 0.350. The fourth-order valence-electron chi connectivity index (χ4n) is 2.30. The fraction of sp³-hybridized carbons (Fsp3) is 0.105. The molecule has 1 aromatic heterocycles. The molecule has 0 atom stereocenters. The largest absolute Gasteiger partial charge is 0.488 e. The molecule has 0 spiro atoms. The van der Waals surface area contributed by atoms with Crippen molar-refractivity contribution in [1.29, 1.82) is 0 Å². The molecule has 27 heavy (non-hydrogen) atoms. The summed E-state index contributed by atoms with van der Waals surface area (Å²) in [7, 11) is 0. The van der Waals surface area contributed by atoms with E-state index in [1.165, 1.54) is 6.21 Å². The first kappa shape index (κ1) is 18.9. The van der Waals surface area contributed by atoms with Gasteiger partial charge in [0.05, 0.1) is 11.9 Å². The van der Waals surface area contributed by atoms with Crippen LogP contribution >= 0.6 is 22.9 Å². The van der Waals surface area contributed by atoms with Gasteiger partial charge in [0.15, 0.2) is 5.13 Å². The Morgan fingerprint density at radius 3 is 2.74 bits per heavy atom. The zero-order valence-corrected chi connectivity index (χ0v) is 16.1. The van der Waals surface area contributed by atoms with Gasteiger partial charge in [0.2, 0.25) is 0 Å². The van der Waals surface area contributed by atoms with Crippen molar-refractivity contribution in [1.82, 2.24) is 10.4 Å². The lowest BCUT2D eigenvalue weighted by atomic mass is 10.2. The molecule has 3 aromatic rings. The SMILES string of the molecule is Cc1nc(N)sc1C(=O)NN=Cc1ccccc1OCc1ccc(Cl)cc1. The normalized spacial score (nSPS) is 10.9. The number of nitrogens with two attached hydrogens (primary N) is 1. The van der Waals surface area contributed by atoms with E-state index in [1.807, 2.05) is 48.5 Å². The van der Waals surface area contributed by atoms with Gasteiger partial charge < -0.3 is 10.5 Å². The van der Waals surface area contributed by atoms with Crippen LogP contribution in [0, 0.1) is 6.92 Å². The zero-order valence-electron chi connectivity index (χ0n) is 14.5. The monoisotopic (exact) mass is 400 g/mol. The number of hydrogen-bond donors (Lipinski definition) is 2. The number of anilines is 1. The average Bonchev–Trinajstić information content (AvgIpc) is 3.00. The number of aromatic nitrogens is 1. The number of nitrogens with one attached hydrogen (secondary N) is 1. The van der Waals surface area contributed by atoms with Gasteiger partial charge in [0.1, 0.15) is 17.2 Å². The molecule has 0 aliphatic rings. The van der Waals surface area contributed by atoms with Gasteiger partial charge >= 0.3 is 0 Å². The van der Waals surface area contributed by atoms with E-state index in [4.69, 9.17) is 22.1 Å². The molecule has 2 aromatic carbocycles. The maximum atomic E-state index is 12.1. The van der Waals surface area contributed by atoms with Crippen LogP contribution in [-0.4, -0.2) is 17.1 Å². The highest BCUT2D eigenvalue weighted by atomic mass is 35.5. The number of hydrazone groups is 1. The van der Waals surface area contributed by atoms with E-state index in [1.54, 1.807) is 6.92 Å². The number of thiazole rings is 1. The number of nitrogen functional groups attached to an aromatic ring is 1. The van der Waals surface area contributed by atoms with E-state index in [0.717, 1.165) is 22.5 Å². The Balaban J connectivity index is 1.64. The van der Waals surface area contributed by atoms with Gasteiger partial charge in [-0.25, -0.2) is 10.4 Å². The third-order valence-corrected chi connectivity index (χ3v) is 4.85. The van der Waals surface area contributed by atoms with E-state index in [0.29, 0.717) is 33.1 Å². The molecule has 0 aliphatic heterocycles. The van der Waals surface area contributed by atoms with E-state index in [-0.39, 0.29) is 5.91 Å². The lowest BCUT2D eigenvalue weighted by Gasteiger charge is -2.09. The summed E-state index contributed by atoms with van der Waals surface area (Å²) in [4.78, 5) is 16.6. The summed E-state index contributed by atoms with van der Waals surface area (Å²) in [6.07, 6.45) is 1.54. The van der Waals surface area contributed by atoms with Crippen LogP contribution in [0.2, 0.25) is 5.02 Å². The first-order valence-electron chi connectivity index (χ1n) is 8.05. The molecule has 0 unspecified atom stereocenters. The summed E-state index contributed by atoms with van der Waals surface area (Å²) >= 11 is 7.01. The third-order valence-electron chi connectivity index (χ3n) is 3.62. The molecule has 8 heteroatoms. The predicted molar refractivity (Wildman–Crippen MR) is 109 cm³/mol. The summed E-state index contributed by atoms with van der Waals surface area (Å²) < 4.78 is 5.86. The van der Waals surface area contributed by atoms with Crippen molar-refractivity contribution in [2.75, 3.05) is 5.73 Å². The Morgan fingerprint density at radius 1 is 1.30 bits per heavy atom. The highest BCUT2D eigenvalue weighted by molar-refractivity contribution is 7.17. The van der Waals surface area contributed by atoms with Crippen LogP contribution in [-0.2, 0) is 6.61 Å². The van der Waals surface area contributed by atoms with Crippen LogP contribution in [0.4, 0.5) is 5.13 Å². The second-order valence-electron chi connectivity index (χ2n) is 5.62. The van der Waals surface area contributed by atoms with Crippen LogP contribution < -0.4 is 15.9 Å². The molecule has 0 saturated heterocycles. The first-order valence-corrected chi connectivity index (χ1v) is 9.25. The van der Waals surface area contributed by atoms with Crippen LogP contribution in [0.1, 0.15) is 26.5 Å². The number of carbonyl (C=O) groups excluding carboxylic acids is 1. The Labute approximate surface area is 165 Å². The van der Waals surface area contributed by atoms with E-state index in [9.17, 15) is 4.79 Å². The number of rotatable bonds is 6. The lowest BCUT2D eigenvalue weighted by molar-refractivity contribution is 0.0958. The zero-order chi connectivity index (χ0) is 19.2. The molecular formula is C19H17ClN4O2S. The molecule has 0 bridgehead atoms. The molecule has 0 fully saturated rings. The van der Waals surface area contributed by atoms with E-state index in [2.05, 4.69) is 15.5 Å². The van der Waals surface area contributed by atoms with Gasteiger partial charge in [-0.2, -0.15) is 5.10 Å². The molecule has 3 rings (SSSR count). The number of halogens is 1. The van der Waals surface area contributed by atoms with Crippen molar-refractivity contribution < 1.29 is 9.53 Å². The number of hydrogen-bond acceptors (Lipinski definition) is 6. The van der Waals surface area contributed by atoms with Crippen molar-refractivity contribution in [3.63, 3.8) is 0 Å². The highest BCUT2D eigenvalue weighted by Crippen LogP contribution is 2.20. The van der Waals surface area contributed by atoms with Crippen molar-refractivity contribution in [2.24, 2.45) is 5.10 Å². The number of carbonyl (C=O) groups is 1. The Bertz CT molecular complexity index is 970. The number of aryl methyl sites for hydroxylation is 1. The Kier molecular flexibility index (Phi) is 6.05. The lowest BCUT2D eigenvalue weighted by Crippen LogP contribution is -2.17. The van der Waals surface area contributed by atoms with Crippen LogP contribution in [0.5, 0.6) is 5.75 Å². The number of para-hydroxylation sites is 1. The van der Waals surface area contributed by atoms with Gasteiger partial charge in [-0.1, -0.05) is 47.2 Å². The topological polar surface area (TPSA) is 89.6 Å². The van der Waals surface area contributed by atoms with Crippen molar-refractivity contribution in [3.8, 4) is 5.75 Å². The Morgan fingerprint density at radius 2 is 2.04 bits per heavy atom. The summed E-state index contributed by atoms with van der Waals surface area (Å²) in [5, 5.41) is 5.04. The number of nitrogens with zero attached hydrogens (tertiary/aromatic N) is 2. The van der Waals surface area contributed by atoms with Gasteiger partial charge in [-0.3, -0.25) is 4.79 Å². The van der Waals surface area contributed by atoms with Gasteiger partial charge in [-0.15, -0.1) is 0 Å². The fourth-order valence-corrected chi connectivity index (χ4v) is 3.15. The van der Waals surface area contributed by atoms with Crippen molar-refractivity contribution in [2.45, 2.75) is 13.5 Å². The van der Waals surface area contributed by atoms with E-state index >= 15 is 0 Å². The summed E-state index contributed by atoms with van der Waals surface area (Å²) in [6.45, 7) is 2.12. The van der Waals surface area contributed by atoms with E-state index < -0.39 is 0 Å². The molecule has 0 aliphatic carbocycles. The van der Waals surface area contributed by atoms with Crippen molar-refractivity contribution in [3.05, 3.63) is 75.3 Å². The van der Waals surface area contributed by atoms with Gasteiger partial charge in [0, 0.05) is 10.6 Å². The van der Waals surface area contributed by atoms with Crippen molar-refractivity contribution >= 4 is 40.2 Å². The van der Waals surface area contributed by atoms with Gasteiger partial charge in [0.25, 0.3) is 5.91 Å². The smallest absolute Gasteiger partial charge is 0.283 e. The summed E-state index contributed by atoms with van der Waals surface area (Å²) in [5.41, 5.74) is 10.4. The standard InChI is InChI=1S/C19H17ClN4O2S/c1-12-17(27-19(21)23-12)18(25)24-22-10-14-4-2-3-5-16(14)26-11-13-6-8-15(20)9-7-13/h2-10H,11H2,1H3,(H2,21,23)(H,24,25). The maximum Gasteiger partial charge on any atom is 0.283 e. The molecule has 6 nitrogen and oxygen atoms in total. The minimum Gasteiger partial charge on any atom is -0.488 e. The molecular weight excluding hydrogens is 384 g/mol. The summed E-state index contributed by atoms with van der Waals surface area (Å²) in [5.74, 6) is 0.307. The highest BCUT2D eigenvalue weighted by Gasteiger charge is 2.13. The molecule has 0 saturated carbocycles. The molecule has 3 N–H and O–H groups in total. The minimum atomic E-state index is -0.350. The molecule has 138 valence electrons.